The zero-order valence-electron chi connectivity index (χ0n) is 16.2. The molecule has 3 rings (SSSR count). The summed E-state index contributed by atoms with van der Waals surface area (Å²) in [4.78, 5) is 29.6. The number of hydrogen-bond acceptors (Lipinski definition) is 3. The lowest BCUT2D eigenvalue weighted by Crippen LogP contribution is -2.17. The molecule has 0 saturated heterocycles. The second kappa shape index (κ2) is 7.66. The van der Waals surface area contributed by atoms with Gasteiger partial charge in [0.1, 0.15) is 0 Å². The molecule has 0 bridgehead atoms. The number of fused-ring (bicyclic) bond motifs is 1. The lowest BCUT2D eigenvalue weighted by molar-refractivity contribution is -0.116. The number of amides is 1. The van der Waals surface area contributed by atoms with Crippen molar-refractivity contribution >= 4 is 28.2 Å². The van der Waals surface area contributed by atoms with Crippen LogP contribution in [-0.2, 0) is 11.2 Å². The molecule has 3 aromatic rings. The zero-order valence-corrected chi connectivity index (χ0v) is 16.2. The highest BCUT2D eigenvalue weighted by atomic mass is 16.1. The van der Waals surface area contributed by atoms with Crippen LogP contribution in [0.4, 0.5) is 11.4 Å². The molecule has 0 atom stereocenters. The molecule has 0 unspecified atom stereocenters. The number of nitrogens with one attached hydrogen (secondary N) is 2. The van der Waals surface area contributed by atoms with Gasteiger partial charge in [-0.1, -0.05) is 12.1 Å². The molecule has 1 heterocycles. The summed E-state index contributed by atoms with van der Waals surface area (Å²) < 4.78 is 0. The second-order valence-corrected chi connectivity index (χ2v) is 7.08. The highest BCUT2D eigenvalue weighted by Gasteiger charge is 2.09. The van der Waals surface area contributed by atoms with E-state index in [-0.39, 0.29) is 17.9 Å². The lowest BCUT2D eigenvalue weighted by Gasteiger charge is -2.13. The predicted octanol–water partition coefficient (Wildman–Crippen LogP) is 3.78. The van der Waals surface area contributed by atoms with Gasteiger partial charge >= 0.3 is 0 Å². The minimum absolute atomic E-state index is 0.104. The van der Waals surface area contributed by atoms with Crippen molar-refractivity contribution < 1.29 is 4.79 Å². The summed E-state index contributed by atoms with van der Waals surface area (Å²) in [6, 6.07) is 13.6. The van der Waals surface area contributed by atoms with Crippen LogP contribution in [0.5, 0.6) is 0 Å². The van der Waals surface area contributed by atoms with Gasteiger partial charge in [-0.15, -0.1) is 0 Å². The van der Waals surface area contributed by atoms with E-state index >= 15 is 0 Å². The van der Waals surface area contributed by atoms with Crippen molar-refractivity contribution in [1.82, 2.24) is 4.98 Å². The minimum atomic E-state index is -0.126. The molecule has 27 heavy (non-hydrogen) atoms. The molecule has 2 aromatic carbocycles. The SMILES string of the molecule is Cc1ccc2cc(CCC(=O)Nc3ccc(N(C)C)cc3)c(=O)[nH]c2c1C. The third-order valence-corrected chi connectivity index (χ3v) is 4.92. The van der Waals surface area contributed by atoms with Gasteiger partial charge in [0.25, 0.3) is 5.56 Å². The van der Waals surface area contributed by atoms with E-state index in [0.29, 0.717) is 12.0 Å². The fraction of sp³-hybridized carbons (Fsp3) is 0.273. The van der Waals surface area contributed by atoms with Gasteiger partial charge in [0.2, 0.25) is 5.91 Å². The number of anilines is 2. The van der Waals surface area contributed by atoms with Gasteiger partial charge < -0.3 is 15.2 Å². The first kappa shape index (κ1) is 18.7. The van der Waals surface area contributed by atoms with E-state index in [4.69, 9.17) is 0 Å². The Hall–Kier alpha value is -3.08. The molecule has 0 fully saturated rings. The van der Waals surface area contributed by atoms with Crippen LogP contribution in [0, 0.1) is 13.8 Å². The number of nitrogens with zero attached hydrogens (tertiary/aromatic N) is 1. The van der Waals surface area contributed by atoms with Crippen LogP contribution in [0.1, 0.15) is 23.1 Å². The Kier molecular flexibility index (Phi) is 5.31. The number of hydrogen-bond donors (Lipinski definition) is 2. The van der Waals surface area contributed by atoms with Gasteiger partial charge in [-0.2, -0.15) is 0 Å². The quantitative estimate of drug-likeness (QED) is 0.725. The average Bonchev–Trinajstić information content (AvgIpc) is 2.64. The Morgan fingerprint density at radius 1 is 1.07 bits per heavy atom. The summed E-state index contributed by atoms with van der Waals surface area (Å²) >= 11 is 0. The number of aryl methyl sites for hydroxylation is 3. The number of carbonyl (C=O) groups excluding carboxylic acids is 1. The third kappa shape index (κ3) is 4.19. The van der Waals surface area contributed by atoms with Crippen molar-refractivity contribution in [2.45, 2.75) is 26.7 Å². The first-order valence-corrected chi connectivity index (χ1v) is 9.04. The van der Waals surface area contributed by atoms with E-state index in [1.54, 1.807) is 0 Å². The van der Waals surface area contributed by atoms with Gasteiger partial charge in [0.15, 0.2) is 0 Å². The van der Waals surface area contributed by atoms with E-state index in [2.05, 4.69) is 10.3 Å². The maximum Gasteiger partial charge on any atom is 0.251 e. The Bertz CT molecular complexity index is 1030. The number of rotatable bonds is 5. The molecule has 0 aliphatic heterocycles. The molecular weight excluding hydrogens is 338 g/mol. The Balaban J connectivity index is 1.69. The fourth-order valence-corrected chi connectivity index (χ4v) is 3.07. The smallest absolute Gasteiger partial charge is 0.251 e. The molecule has 1 amide bonds. The van der Waals surface area contributed by atoms with Crippen LogP contribution in [0.25, 0.3) is 10.9 Å². The third-order valence-electron chi connectivity index (χ3n) is 4.92. The number of aromatic amines is 1. The maximum absolute atomic E-state index is 12.4. The van der Waals surface area contributed by atoms with Crippen molar-refractivity contribution in [2.24, 2.45) is 0 Å². The van der Waals surface area contributed by atoms with Crippen LogP contribution in [0.3, 0.4) is 0 Å². The fourth-order valence-electron chi connectivity index (χ4n) is 3.07. The van der Waals surface area contributed by atoms with Crippen molar-refractivity contribution in [3.8, 4) is 0 Å². The molecule has 0 aliphatic rings. The Morgan fingerprint density at radius 2 is 1.78 bits per heavy atom. The molecule has 0 spiro atoms. The van der Waals surface area contributed by atoms with E-state index in [9.17, 15) is 9.59 Å². The minimum Gasteiger partial charge on any atom is -0.378 e. The van der Waals surface area contributed by atoms with Gasteiger partial charge in [-0.05, 0) is 67.1 Å². The molecule has 2 N–H and O–H groups in total. The number of carbonyl (C=O) groups is 1. The van der Waals surface area contributed by atoms with E-state index < -0.39 is 0 Å². The van der Waals surface area contributed by atoms with Crippen molar-refractivity contribution in [2.75, 3.05) is 24.3 Å². The van der Waals surface area contributed by atoms with Gasteiger partial charge in [-0.25, -0.2) is 0 Å². The van der Waals surface area contributed by atoms with Crippen LogP contribution in [0.15, 0.2) is 47.3 Å². The predicted molar refractivity (Wildman–Crippen MR) is 112 cm³/mol. The van der Waals surface area contributed by atoms with E-state index in [1.165, 1.54) is 0 Å². The largest absolute Gasteiger partial charge is 0.378 e. The summed E-state index contributed by atoms with van der Waals surface area (Å²) in [5, 5.41) is 3.87. The van der Waals surface area contributed by atoms with Crippen molar-refractivity contribution in [3.63, 3.8) is 0 Å². The van der Waals surface area contributed by atoms with Crippen LogP contribution < -0.4 is 15.8 Å². The summed E-state index contributed by atoms with van der Waals surface area (Å²) in [6.45, 7) is 4.03. The number of H-pyrrole nitrogens is 1. The first-order valence-electron chi connectivity index (χ1n) is 9.04. The van der Waals surface area contributed by atoms with Gasteiger partial charge in [0, 0.05) is 37.5 Å². The first-order chi connectivity index (χ1) is 12.8. The Morgan fingerprint density at radius 3 is 2.44 bits per heavy atom. The summed E-state index contributed by atoms with van der Waals surface area (Å²) in [5.74, 6) is -0.104. The molecule has 0 saturated carbocycles. The summed E-state index contributed by atoms with van der Waals surface area (Å²) in [5.41, 5.74) is 5.42. The highest BCUT2D eigenvalue weighted by molar-refractivity contribution is 5.91. The standard InChI is InChI=1S/C22H25N3O2/c1-14-5-6-16-13-17(22(27)24-21(16)15(14)2)7-12-20(26)23-18-8-10-19(11-9-18)25(3)4/h5-6,8-11,13H,7,12H2,1-4H3,(H,23,26)(H,24,27). The molecule has 140 valence electrons. The molecule has 0 aliphatic carbocycles. The highest BCUT2D eigenvalue weighted by Crippen LogP contribution is 2.19. The van der Waals surface area contributed by atoms with Gasteiger partial charge in [-0.3, -0.25) is 9.59 Å². The molecule has 5 nitrogen and oxygen atoms in total. The van der Waals surface area contributed by atoms with Crippen LogP contribution >= 0.6 is 0 Å². The van der Waals surface area contributed by atoms with E-state index in [0.717, 1.165) is 33.4 Å². The van der Waals surface area contributed by atoms with Gasteiger partial charge in [0.05, 0.1) is 5.52 Å². The van der Waals surface area contributed by atoms with Crippen LogP contribution in [-0.4, -0.2) is 25.0 Å². The lowest BCUT2D eigenvalue weighted by atomic mass is 10.0. The average molecular weight is 363 g/mol. The second-order valence-electron chi connectivity index (χ2n) is 7.08. The number of benzene rings is 2. The molecule has 5 heteroatoms. The topological polar surface area (TPSA) is 65.2 Å². The maximum atomic E-state index is 12.4. The summed E-state index contributed by atoms with van der Waals surface area (Å²) in [6.07, 6.45) is 0.661. The molecule has 0 radical (unpaired) electrons. The van der Waals surface area contributed by atoms with E-state index in [1.807, 2.05) is 75.3 Å². The normalized spacial score (nSPS) is 10.8. The van der Waals surface area contributed by atoms with Crippen molar-refractivity contribution in [1.29, 1.82) is 0 Å². The van der Waals surface area contributed by atoms with Crippen LogP contribution in [0.2, 0.25) is 0 Å². The Labute approximate surface area is 159 Å². The number of pyridine rings is 1. The molecule has 1 aromatic heterocycles. The molecular formula is C22H25N3O2. The van der Waals surface area contributed by atoms with Crippen molar-refractivity contribution in [3.05, 3.63) is 69.5 Å². The summed E-state index contributed by atoms with van der Waals surface area (Å²) in [7, 11) is 3.94. The number of aromatic nitrogens is 1. The zero-order chi connectivity index (χ0) is 19.6. The monoisotopic (exact) mass is 363 g/mol.